The molecule has 2 aromatic rings. The number of carbonyl (C=O) groups is 2. The van der Waals surface area contributed by atoms with Crippen LogP contribution in [0.1, 0.15) is 15.9 Å². The molecule has 1 heterocycles. The summed E-state index contributed by atoms with van der Waals surface area (Å²) < 4.78 is 5.70. The zero-order valence-electron chi connectivity index (χ0n) is 15.1. The van der Waals surface area contributed by atoms with Crippen LogP contribution in [0.5, 0.6) is 5.75 Å². The molecule has 2 aromatic carbocycles. The minimum atomic E-state index is -0.102. The molecule has 0 aliphatic carbocycles. The Morgan fingerprint density at radius 2 is 2.00 bits per heavy atom. The van der Waals surface area contributed by atoms with Gasteiger partial charge in [-0.1, -0.05) is 12.1 Å². The summed E-state index contributed by atoms with van der Waals surface area (Å²) in [5.41, 5.74) is 2.52. The van der Waals surface area contributed by atoms with E-state index in [1.165, 1.54) is 0 Å². The number of nitrogens with zero attached hydrogens (tertiary/aromatic N) is 2. The van der Waals surface area contributed by atoms with Crippen molar-refractivity contribution in [3.8, 4) is 5.75 Å². The highest BCUT2D eigenvalue weighted by atomic mass is 16.5. The molecule has 0 radical (unpaired) electrons. The number of hydrogen-bond donors (Lipinski definition) is 1. The molecular weight excluding hydrogens is 330 g/mol. The van der Waals surface area contributed by atoms with Gasteiger partial charge in [-0.3, -0.25) is 9.69 Å². The lowest BCUT2D eigenvalue weighted by molar-refractivity contribution is 0.0774. The fourth-order valence-corrected chi connectivity index (χ4v) is 2.83. The van der Waals surface area contributed by atoms with Gasteiger partial charge in [0.15, 0.2) is 0 Å². The quantitative estimate of drug-likeness (QED) is 0.868. The maximum Gasteiger partial charge on any atom is 0.321 e. The molecule has 136 valence electrons. The minimum absolute atomic E-state index is 0.0738. The average molecular weight is 353 g/mol. The van der Waals surface area contributed by atoms with E-state index in [1.54, 1.807) is 41.1 Å². The predicted molar refractivity (Wildman–Crippen MR) is 101 cm³/mol. The van der Waals surface area contributed by atoms with Gasteiger partial charge in [0.05, 0.1) is 6.54 Å². The summed E-state index contributed by atoms with van der Waals surface area (Å²) in [5, 5.41) is 2.76. The van der Waals surface area contributed by atoms with Crippen molar-refractivity contribution in [2.45, 2.75) is 6.92 Å². The first-order valence-corrected chi connectivity index (χ1v) is 8.65. The average Bonchev–Trinajstić information content (AvgIpc) is 3.07. The SMILES string of the molecule is Cc1cccc(OCCN(C)C(=O)c2ccc(N3CCNC3=O)cc2)c1. The molecule has 1 fully saturated rings. The Morgan fingerprint density at radius 1 is 1.23 bits per heavy atom. The van der Waals surface area contributed by atoms with Crippen molar-refractivity contribution < 1.29 is 14.3 Å². The third-order valence-electron chi connectivity index (χ3n) is 4.31. The molecule has 0 bridgehead atoms. The highest BCUT2D eigenvalue weighted by molar-refractivity contribution is 5.96. The number of hydrogen-bond acceptors (Lipinski definition) is 3. The maximum atomic E-state index is 12.5. The lowest BCUT2D eigenvalue weighted by atomic mass is 10.1. The summed E-state index contributed by atoms with van der Waals surface area (Å²) in [6.45, 7) is 4.21. The zero-order valence-corrected chi connectivity index (χ0v) is 15.1. The normalized spacial score (nSPS) is 13.5. The van der Waals surface area contributed by atoms with E-state index in [-0.39, 0.29) is 11.9 Å². The molecule has 1 aliphatic rings. The number of carbonyl (C=O) groups excluding carboxylic acids is 2. The molecule has 26 heavy (non-hydrogen) atoms. The van der Waals surface area contributed by atoms with Crippen LogP contribution in [0.25, 0.3) is 0 Å². The lowest BCUT2D eigenvalue weighted by Gasteiger charge is -2.19. The van der Waals surface area contributed by atoms with E-state index in [0.29, 0.717) is 31.8 Å². The Balaban J connectivity index is 1.53. The first-order chi connectivity index (χ1) is 12.5. The van der Waals surface area contributed by atoms with Crippen LogP contribution >= 0.6 is 0 Å². The Morgan fingerprint density at radius 3 is 2.65 bits per heavy atom. The summed E-state index contributed by atoms with van der Waals surface area (Å²) in [5.74, 6) is 0.731. The summed E-state index contributed by atoms with van der Waals surface area (Å²) in [4.78, 5) is 27.5. The van der Waals surface area contributed by atoms with Crippen molar-refractivity contribution in [1.29, 1.82) is 0 Å². The van der Waals surface area contributed by atoms with Crippen molar-refractivity contribution in [2.24, 2.45) is 0 Å². The van der Waals surface area contributed by atoms with Crippen LogP contribution in [0.15, 0.2) is 48.5 Å². The second kappa shape index (κ2) is 7.91. The number of urea groups is 1. The van der Waals surface area contributed by atoms with Crippen LogP contribution in [0.3, 0.4) is 0 Å². The van der Waals surface area contributed by atoms with Gasteiger partial charge in [0, 0.05) is 31.4 Å². The molecule has 6 heteroatoms. The van der Waals surface area contributed by atoms with Crippen LogP contribution in [-0.4, -0.2) is 50.1 Å². The Bertz CT molecular complexity index is 789. The number of anilines is 1. The maximum absolute atomic E-state index is 12.5. The summed E-state index contributed by atoms with van der Waals surface area (Å²) in [7, 11) is 1.75. The highest BCUT2D eigenvalue weighted by Crippen LogP contribution is 2.18. The monoisotopic (exact) mass is 353 g/mol. The zero-order chi connectivity index (χ0) is 18.5. The van der Waals surface area contributed by atoms with Crippen LogP contribution in [0, 0.1) is 6.92 Å². The number of amides is 3. The molecule has 0 aromatic heterocycles. The van der Waals surface area contributed by atoms with Gasteiger partial charge in [-0.25, -0.2) is 4.79 Å². The molecule has 3 amide bonds. The van der Waals surface area contributed by atoms with E-state index < -0.39 is 0 Å². The van der Waals surface area contributed by atoms with E-state index in [9.17, 15) is 9.59 Å². The van der Waals surface area contributed by atoms with Gasteiger partial charge in [0.1, 0.15) is 12.4 Å². The van der Waals surface area contributed by atoms with E-state index in [4.69, 9.17) is 4.74 Å². The summed E-state index contributed by atoms with van der Waals surface area (Å²) in [6, 6.07) is 14.8. The highest BCUT2D eigenvalue weighted by Gasteiger charge is 2.21. The fourth-order valence-electron chi connectivity index (χ4n) is 2.83. The Kier molecular flexibility index (Phi) is 5.41. The van der Waals surface area contributed by atoms with Crippen LogP contribution in [0.4, 0.5) is 10.5 Å². The minimum Gasteiger partial charge on any atom is -0.492 e. The van der Waals surface area contributed by atoms with Gasteiger partial charge >= 0.3 is 6.03 Å². The van der Waals surface area contributed by atoms with Gasteiger partial charge in [-0.05, 0) is 48.9 Å². The van der Waals surface area contributed by atoms with Crippen LogP contribution in [-0.2, 0) is 0 Å². The smallest absolute Gasteiger partial charge is 0.321 e. The number of benzene rings is 2. The van der Waals surface area contributed by atoms with Crippen molar-refractivity contribution in [1.82, 2.24) is 10.2 Å². The second-order valence-electron chi connectivity index (χ2n) is 6.32. The number of aryl methyl sites for hydroxylation is 1. The van der Waals surface area contributed by atoms with Gasteiger partial charge in [-0.2, -0.15) is 0 Å². The fraction of sp³-hybridized carbons (Fsp3) is 0.300. The largest absolute Gasteiger partial charge is 0.492 e. The third-order valence-corrected chi connectivity index (χ3v) is 4.31. The van der Waals surface area contributed by atoms with Crippen molar-refractivity contribution in [2.75, 3.05) is 38.2 Å². The third kappa shape index (κ3) is 4.14. The molecular formula is C20H23N3O3. The Labute approximate surface area is 153 Å². The first-order valence-electron chi connectivity index (χ1n) is 8.65. The van der Waals surface area contributed by atoms with E-state index in [2.05, 4.69) is 5.32 Å². The molecule has 0 unspecified atom stereocenters. The van der Waals surface area contributed by atoms with Gasteiger partial charge < -0.3 is 15.0 Å². The first kappa shape index (κ1) is 17.8. The molecule has 0 atom stereocenters. The molecule has 0 saturated carbocycles. The molecule has 3 rings (SSSR count). The van der Waals surface area contributed by atoms with Gasteiger partial charge in [0.2, 0.25) is 0 Å². The van der Waals surface area contributed by atoms with Gasteiger partial charge in [-0.15, -0.1) is 0 Å². The van der Waals surface area contributed by atoms with Crippen molar-refractivity contribution in [3.05, 3.63) is 59.7 Å². The van der Waals surface area contributed by atoms with E-state index >= 15 is 0 Å². The second-order valence-corrected chi connectivity index (χ2v) is 6.32. The van der Waals surface area contributed by atoms with Crippen LogP contribution < -0.4 is 15.0 Å². The van der Waals surface area contributed by atoms with Crippen molar-refractivity contribution >= 4 is 17.6 Å². The molecule has 1 saturated heterocycles. The van der Waals surface area contributed by atoms with E-state index in [0.717, 1.165) is 17.0 Å². The number of likely N-dealkylation sites (N-methyl/N-ethyl adjacent to an activating group) is 1. The summed E-state index contributed by atoms with van der Waals surface area (Å²) >= 11 is 0. The van der Waals surface area contributed by atoms with Crippen molar-refractivity contribution in [3.63, 3.8) is 0 Å². The number of ether oxygens (including phenoxy) is 1. The molecule has 6 nitrogen and oxygen atoms in total. The molecule has 0 spiro atoms. The standard InChI is InChI=1S/C20H23N3O3/c1-15-4-3-5-18(14-15)26-13-12-22(2)19(24)16-6-8-17(9-7-16)23-11-10-21-20(23)25/h3-9,14H,10-13H2,1-2H3,(H,21,25). The predicted octanol–water partition coefficient (Wildman–Crippen LogP) is 2.68. The number of rotatable bonds is 6. The number of nitrogens with one attached hydrogen (secondary N) is 1. The topological polar surface area (TPSA) is 61.9 Å². The van der Waals surface area contributed by atoms with E-state index in [1.807, 2.05) is 31.2 Å². The molecule has 1 N–H and O–H groups in total. The van der Waals surface area contributed by atoms with Gasteiger partial charge in [0.25, 0.3) is 5.91 Å². The van der Waals surface area contributed by atoms with Crippen LogP contribution in [0.2, 0.25) is 0 Å². The lowest BCUT2D eigenvalue weighted by Crippen LogP contribution is -2.31. The molecule has 1 aliphatic heterocycles. The Hall–Kier alpha value is -3.02. The summed E-state index contributed by atoms with van der Waals surface area (Å²) in [6.07, 6.45) is 0.